The van der Waals surface area contributed by atoms with Gasteiger partial charge in [0.05, 0.1) is 12.7 Å². The fraction of sp³-hybridized carbons (Fsp3) is 0.273. The Balaban J connectivity index is 1.87. The van der Waals surface area contributed by atoms with Crippen molar-refractivity contribution in [2.75, 3.05) is 7.11 Å². The van der Waals surface area contributed by atoms with Gasteiger partial charge in [0.1, 0.15) is 5.82 Å². The number of aromatic nitrogens is 2. The Kier molecular flexibility index (Phi) is 5.52. The molecule has 0 aliphatic rings. The molecule has 0 N–H and O–H groups in total. The summed E-state index contributed by atoms with van der Waals surface area (Å²) in [5.41, 5.74) is 4.86. The molecule has 0 amide bonds. The fourth-order valence-electron chi connectivity index (χ4n) is 3.15. The maximum atomic E-state index is 12.0. The van der Waals surface area contributed by atoms with E-state index in [1.165, 1.54) is 18.4 Å². The number of aryl methyl sites for hydroxylation is 2. The second kappa shape index (κ2) is 8.00. The number of ether oxygens (including phenoxy) is 1. The summed E-state index contributed by atoms with van der Waals surface area (Å²) in [5.74, 6) is 0.813. The Hall–Kier alpha value is -2.88. The molecule has 0 unspecified atom stereocenters. The van der Waals surface area contributed by atoms with Crippen molar-refractivity contribution in [3.05, 3.63) is 77.4 Å². The third kappa shape index (κ3) is 3.69. The smallest absolute Gasteiger partial charge is 0.338 e. The van der Waals surface area contributed by atoms with Crippen molar-refractivity contribution >= 4 is 5.97 Å². The molecule has 0 fully saturated rings. The number of methoxy groups -OCH3 is 1. The Morgan fingerprint density at radius 2 is 1.85 bits per heavy atom. The van der Waals surface area contributed by atoms with Crippen LogP contribution < -0.4 is 0 Å². The second-order valence-electron chi connectivity index (χ2n) is 6.39. The first-order valence-electron chi connectivity index (χ1n) is 8.91. The third-order valence-corrected chi connectivity index (χ3v) is 4.55. The first-order chi connectivity index (χ1) is 12.6. The maximum Gasteiger partial charge on any atom is 0.338 e. The lowest BCUT2D eigenvalue weighted by molar-refractivity contribution is 0.0601. The van der Waals surface area contributed by atoms with Crippen LogP contribution in [0.1, 0.15) is 40.8 Å². The van der Waals surface area contributed by atoms with Crippen LogP contribution in [0.4, 0.5) is 0 Å². The molecule has 4 nitrogen and oxygen atoms in total. The number of carbonyl (C=O) groups excluding carboxylic acids is 1. The lowest BCUT2D eigenvalue weighted by atomic mass is 9.98. The molecule has 0 aliphatic carbocycles. The number of hydrogen-bond donors (Lipinski definition) is 0. The van der Waals surface area contributed by atoms with Crippen LogP contribution in [0.5, 0.6) is 0 Å². The quantitative estimate of drug-likeness (QED) is 0.609. The molecule has 2 aromatic carbocycles. The van der Waals surface area contributed by atoms with Gasteiger partial charge < -0.3 is 9.30 Å². The summed E-state index contributed by atoms with van der Waals surface area (Å²) in [4.78, 5) is 16.5. The van der Waals surface area contributed by atoms with Crippen LogP contribution in [0.3, 0.4) is 0 Å². The molecule has 3 rings (SSSR count). The summed E-state index contributed by atoms with van der Waals surface area (Å²) in [6.45, 7) is 5.06. The van der Waals surface area contributed by atoms with Crippen molar-refractivity contribution in [3.8, 4) is 11.1 Å². The lowest BCUT2D eigenvalue weighted by Gasteiger charge is -2.12. The Labute approximate surface area is 154 Å². The molecular weight excluding hydrogens is 324 g/mol. The van der Waals surface area contributed by atoms with Gasteiger partial charge in [-0.05, 0) is 36.1 Å². The van der Waals surface area contributed by atoms with E-state index in [9.17, 15) is 4.79 Å². The van der Waals surface area contributed by atoms with E-state index in [0.717, 1.165) is 36.3 Å². The summed E-state index contributed by atoms with van der Waals surface area (Å²) in [6, 6.07) is 15.9. The zero-order valence-electron chi connectivity index (χ0n) is 15.5. The van der Waals surface area contributed by atoms with Crippen molar-refractivity contribution in [2.45, 2.75) is 33.2 Å². The van der Waals surface area contributed by atoms with Crippen molar-refractivity contribution in [1.29, 1.82) is 0 Å². The SMILES string of the molecule is CCCc1ncc(C)n1Cc1ccc(-c2ccccc2C(=O)OC)cc1. The summed E-state index contributed by atoms with van der Waals surface area (Å²) in [5, 5.41) is 0. The molecular formula is C22H24N2O2. The molecule has 0 saturated carbocycles. The van der Waals surface area contributed by atoms with Gasteiger partial charge in [0, 0.05) is 24.9 Å². The van der Waals surface area contributed by atoms with Crippen molar-refractivity contribution in [2.24, 2.45) is 0 Å². The van der Waals surface area contributed by atoms with Crippen LogP contribution in [-0.4, -0.2) is 22.6 Å². The minimum Gasteiger partial charge on any atom is -0.465 e. The van der Waals surface area contributed by atoms with Crippen LogP contribution in [0.25, 0.3) is 11.1 Å². The highest BCUT2D eigenvalue weighted by Gasteiger charge is 2.13. The molecule has 26 heavy (non-hydrogen) atoms. The number of carbonyl (C=O) groups is 1. The molecule has 0 aliphatic heterocycles. The van der Waals surface area contributed by atoms with Crippen molar-refractivity contribution in [3.63, 3.8) is 0 Å². The number of esters is 1. The van der Waals surface area contributed by atoms with Gasteiger partial charge in [-0.2, -0.15) is 0 Å². The first-order valence-corrected chi connectivity index (χ1v) is 8.91. The molecule has 3 aromatic rings. The van der Waals surface area contributed by atoms with E-state index in [-0.39, 0.29) is 5.97 Å². The number of rotatable bonds is 6. The molecule has 0 saturated heterocycles. The summed E-state index contributed by atoms with van der Waals surface area (Å²) in [6.07, 6.45) is 4.00. The molecule has 134 valence electrons. The minimum atomic E-state index is -0.317. The van der Waals surface area contributed by atoms with Gasteiger partial charge in [0.25, 0.3) is 0 Å². The number of benzene rings is 2. The topological polar surface area (TPSA) is 44.1 Å². The monoisotopic (exact) mass is 348 g/mol. The summed E-state index contributed by atoms with van der Waals surface area (Å²) >= 11 is 0. The normalized spacial score (nSPS) is 10.7. The predicted octanol–water partition coefficient (Wildman–Crippen LogP) is 4.65. The highest BCUT2D eigenvalue weighted by Crippen LogP contribution is 2.25. The van der Waals surface area contributed by atoms with E-state index < -0.39 is 0 Å². The molecule has 0 radical (unpaired) electrons. The lowest BCUT2D eigenvalue weighted by Crippen LogP contribution is -2.07. The van der Waals surface area contributed by atoms with Gasteiger partial charge >= 0.3 is 5.97 Å². The zero-order valence-corrected chi connectivity index (χ0v) is 15.5. The van der Waals surface area contributed by atoms with E-state index >= 15 is 0 Å². The highest BCUT2D eigenvalue weighted by atomic mass is 16.5. The standard InChI is InChI=1S/C22H24N2O2/c1-4-7-21-23-14-16(2)24(21)15-17-10-12-18(13-11-17)19-8-5-6-9-20(19)22(25)26-3/h5-6,8-14H,4,7,15H2,1-3H3. The Morgan fingerprint density at radius 1 is 1.12 bits per heavy atom. The van der Waals surface area contributed by atoms with Gasteiger partial charge in [0.15, 0.2) is 0 Å². The van der Waals surface area contributed by atoms with Gasteiger partial charge in [-0.15, -0.1) is 0 Å². The van der Waals surface area contributed by atoms with E-state index in [1.807, 2.05) is 24.4 Å². The van der Waals surface area contributed by atoms with E-state index in [2.05, 4.69) is 47.7 Å². The van der Waals surface area contributed by atoms with Crippen LogP contribution >= 0.6 is 0 Å². The van der Waals surface area contributed by atoms with Crippen LogP contribution in [0.15, 0.2) is 54.7 Å². The second-order valence-corrected chi connectivity index (χ2v) is 6.39. The molecule has 0 spiro atoms. The van der Waals surface area contributed by atoms with Crippen molar-refractivity contribution in [1.82, 2.24) is 9.55 Å². The summed E-state index contributed by atoms with van der Waals surface area (Å²) < 4.78 is 7.16. The Morgan fingerprint density at radius 3 is 2.54 bits per heavy atom. The van der Waals surface area contributed by atoms with E-state index in [4.69, 9.17) is 4.74 Å². The first kappa shape index (κ1) is 17.9. The molecule has 1 aromatic heterocycles. The van der Waals surface area contributed by atoms with Gasteiger partial charge in [0.2, 0.25) is 0 Å². The van der Waals surface area contributed by atoms with Gasteiger partial charge in [-0.1, -0.05) is 49.4 Å². The van der Waals surface area contributed by atoms with Crippen LogP contribution in [0, 0.1) is 6.92 Å². The van der Waals surface area contributed by atoms with Gasteiger partial charge in [-0.25, -0.2) is 9.78 Å². The third-order valence-electron chi connectivity index (χ3n) is 4.55. The predicted molar refractivity (Wildman–Crippen MR) is 103 cm³/mol. The zero-order chi connectivity index (χ0) is 18.5. The van der Waals surface area contributed by atoms with Crippen LogP contribution in [0.2, 0.25) is 0 Å². The number of hydrogen-bond acceptors (Lipinski definition) is 3. The molecule has 0 bridgehead atoms. The van der Waals surface area contributed by atoms with Crippen molar-refractivity contribution < 1.29 is 9.53 Å². The highest BCUT2D eigenvalue weighted by molar-refractivity contribution is 5.97. The fourth-order valence-corrected chi connectivity index (χ4v) is 3.15. The average molecular weight is 348 g/mol. The summed E-state index contributed by atoms with van der Waals surface area (Å²) in [7, 11) is 1.41. The minimum absolute atomic E-state index is 0.317. The number of imidazole rings is 1. The number of nitrogens with zero attached hydrogens (tertiary/aromatic N) is 2. The molecule has 4 heteroatoms. The van der Waals surface area contributed by atoms with Gasteiger partial charge in [-0.3, -0.25) is 0 Å². The average Bonchev–Trinajstić information content (AvgIpc) is 3.02. The maximum absolute atomic E-state index is 12.0. The van der Waals surface area contributed by atoms with E-state index in [0.29, 0.717) is 5.56 Å². The largest absolute Gasteiger partial charge is 0.465 e. The molecule has 0 atom stereocenters. The van der Waals surface area contributed by atoms with E-state index in [1.54, 1.807) is 6.07 Å². The molecule has 1 heterocycles. The Bertz CT molecular complexity index is 895. The van der Waals surface area contributed by atoms with Crippen LogP contribution in [-0.2, 0) is 17.7 Å².